The predicted molar refractivity (Wildman–Crippen MR) is 44.1 cm³/mol. The normalized spacial score (nSPS) is 27.1. The van der Waals surface area contributed by atoms with E-state index in [-0.39, 0.29) is 12.5 Å². The van der Waals surface area contributed by atoms with E-state index >= 15 is 0 Å². The summed E-state index contributed by atoms with van der Waals surface area (Å²) in [7, 11) is 0. The minimum atomic E-state index is -0.214. The largest absolute Gasteiger partial charge is 0.344 e. The van der Waals surface area contributed by atoms with Crippen molar-refractivity contribution < 1.29 is 9.47 Å². The number of hydrogen-bond acceptors (Lipinski definition) is 3. The van der Waals surface area contributed by atoms with Gasteiger partial charge in [0.15, 0.2) is 12.5 Å². The van der Waals surface area contributed by atoms with Crippen LogP contribution in [0.5, 0.6) is 0 Å². The summed E-state index contributed by atoms with van der Waals surface area (Å²) in [5.74, 6) is 0. The van der Waals surface area contributed by atoms with Crippen LogP contribution in [0.3, 0.4) is 0 Å². The average molecular weight is 165 g/mol. The summed E-state index contributed by atoms with van der Waals surface area (Å²) in [5.41, 5.74) is 6.52. The van der Waals surface area contributed by atoms with Gasteiger partial charge in [0.05, 0.1) is 6.61 Å². The Morgan fingerprint density at radius 3 is 2.58 bits per heavy atom. The highest BCUT2D eigenvalue weighted by atomic mass is 16.8. The van der Waals surface area contributed by atoms with Crippen LogP contribution in [0.4, 0.5) is 0 Å². The maximum absolute atomic E-state index is 5.38. The van der Waals surface area contributed by atoms with Crippen LogP contribution in [-0.2, 0) is 16.1 Å². The van der Waals surface area contributed by atoms with E-state index in [4.69, 9.17) is 15.2 Å². The molecule has 1 aromatic rings. The number of nitrogens with two attached hydrogens (primary N) is 1. The minimum absolute atomic E-state index is 0.190. The summed E-state index contributed by atoms with van der Waals surface area (Å²) in [4.78, 5) is 0. The topological polar surface area (TPSA) is 47.8 Å². The number of benzene rings is 1. The highest BCUT2D eigenvalue weighted by Gasteiger charge is 2.36. The quantitative estimate of drug-likeness (QED) is 0.675. The van der Waals surface area contributed by atoms with Crippen molar-refractivity contribution in [3.63, 3.8) is 0 Å². The number of hydrogen-bond donors (Lipinski definition) is 1. The minimum Gasteiger partial charge on any atom is -0.344 e. The molecule has 0 spiro atoms. The van der Waals surface area contributed by atoms with Crippen LogP contribution in [0.25, 0.3) is 0 Å². The van der Waals surface area contributed by atoms with Gasteiger partial charge in [-0.25, -0.2) is 0 Å². The van der Waals surface area contributed by atoms with Gasteiger partial charge in [-0.3, -0.25) is 0 Å². The van der Waals surface area contributed by atoms with Gasteiger partial charge in [-0.2, -0.15) is 0 Å². The van der Waals surface area contributed by atoms with Crippen molar-refractivity contribution in [3.05, 3.63) is 35.9 Å². The summed E-state index contributed by atoms with van der Waals surface area (Å²) >= 11 is 0. The molecule has 1 saturated heterocycles. The van der Waals surface area contributed by atoms with E-state index in [1.54, 1.807) is 0 Å². The van der Waals surface area contributed by atoms with Crippen molar-refractivity contribution in [2.75, 3.05) is 0 Å². The molecule has 2 unspecified atom stereocenters. The molecular weight excluding hydrogens is 154 g/mol. The first-order chi connectivity index (χ1) is 5.86. The van der Waals surface area contributed by atoms with E-state index in [9.17, 15) is 0 Å². The van der Waals surface area contributed by atoms with Crippen molar-refractivity contribution >= 4 is 0 Å². The summed E-state index contributed by atoms with van der Waals surface area (Å²) in [6.45, 7) is 0.569. The van der Waals surface area contributed by atoms with Gasteiger partial charge in [0.25, 0.3) is 0 Å². The first kappa shape index (κ1) is 7.73. The fourth-order valence-corrected chi connectivity index (χ4v) is 0.996. The summed E-state index contributed by atoms with van der Waals surface area (Å²) < 4.78 is 10.2. The molecule has 0 bridgehead atoms. The lowest BCUT2D eigenvalue weighted by Gasteiger charge is -1.99. The molecule has 12 heavy (non-hydrogen) atoms. The summed E-state index contributed by atoms with van der Waals surface area (Å²) in [6, 6.07) is 9.95. The molecule has 2 atom stereocenters. The molecule has 1 heterocycles. The molecule has 2 N–H and O–H groups in total. The van der Waals surface area contributed by atoms with E-state index in [1.807, 2.05) is 30.3 Å². The molecule has 1 fully saturated rings. The van der Waals surface area contributed by atoms with Gasteiger partial charge in [0.2, 0.25) is 0 Å². The number of ether oxygens (including phenoxy) is 2. The number of rotatable bonds is 3. The average Bonchev–Trinajstić information content (AvgIpc) is 2.81. The first-order valence-electron chi connectivity index (χ1n) is 3.93. The van der Waals surface area contributed by atoms with E-state index in [1.165, 1.54) is 0 Å². The van der Waals surface area contributed by atoms with Crippen molar-refractivity contribution in [2.45, 2.75) is 19.1 Å². The summed E-state index contributed by atoms with van der Waals surface area (Å²) in [6.07, 6.45) is -0.404. The van der Waals surface area contributed by atoms with Crippen molar-refractivity contribution in [1.82, 2.24) is 0 Å². The lowest BCUT2D eigenvalue weighted by atomic mass is 10.2. The van der Waals surface area contributed by atoms with Crippen LogP contribution < -0.4 is 5.73 Å². The van der Waals surface area contributed by atoms with Crippen LogP contribution in [0, 0.1) is 0 Å². The standard InChI is InChI=1S/C9H11NO2/c10-8-9(12-8)11-6-7-4-2-1-3-5-7/h1-5,8-9H,6,10H2. The maximum atomic E-state index is 5.38. The molecule has 3 nitrogen and oxygen atoms in total. The molecular formula is C9H11NO2. The molecule has 3 heteroatoms. The Bertz CT molecular complexity index is 250. The van der Waals surface area contributed by atoms with Crippen molar-refractivity contribution in [3.8, 4) is 0 Å². The molecule has 0 amide bonds. The molecule has 0 aliphatic carbocycles. The van der Waals surface area contributed by atoms with Gasteiger partial charge in [-0.05, 0) is 5.56 Å². The SMILES string of the molecule is NC1OC1OCc1ccccc1. The third-order valence-corrected chi connectivity index (χ3v) is 1.74. The Hall–Kier alpha value is -0.900. The Balaban J connectivity index is 1.80. The maximum Gasteiger partial charge on any atom is 0.199 e. The van der Waals surface area contributed by atoms with Gasteiger partial charge in [-0.15, -0.1) is 0 Å². The van der Waals surface area contributed by atoms with Crippen LogP contribution in [0.1, 0.15) is 5.56 Å². The molecule has 1 aliphatic heterocycles. The molecule has 2 rings (SSSR count). The highest BCUT2D eigenvalue weighted by molar-refractivity contribution is 5.13. The first-order valence-corrected chi connectivity index (χ1v) is 3.93. The Kier molecular flexibility index (Phi) is 2.08. The zero-order valence-corrected chi connectivity index (χ0v) is 6.64. The monoisotopic (exact) mass is 165 g/mol. The van der Waals surface area contributed by atoms with E-state index < -0.39 is 0 Å². The zero-order chi connectivity index (χ0) is 8.39. The van der Waals surface area contributed by atoms with E-state index in [0.29, 0.717) is 6.61 Å². The molecule has 64 valence electrons. The number of epoxide rings is 1. The van der Waals surface area contributed by atoms with Gasteiger partial charge in [0.1, 0.15) is 0 Å². The Morgan fingerprint density at radius 2 is 2.00 bits per heavy atom. The molecule has 0 aromatic heterocycles. The van der Waals surface area contributed by atoms with Crippen LogP contribution >= 0.6 is 0 Å². The lowest BCUT2D eigenvalue weighted by molar-refractivity contribution is 0.0385. The third kappa shape index (κ3) is 1.82. The smallest absolute Gasteiger partial charge is 0.199 e. The Labute approximate surface area is 71.1 Å². The lowest BCUT2D eigenvalue weighted by Crippen LogP contribution is -2.08. The van der Waals surface area contributed by atoms with Crippen LogP contribution in [0.15, 0.2) is 30.3 Å². The summed E-state index contributed by atoms with van der Waals surface area (Å²) in [5, 5.41) is 0. The second kappa shape index (κ2) is 3.23. The molecule has 0 saturated carbocycles. The highest BCUT2D eigenvalue weighted by Crippen LogP contribution is 2.18. The Morgan fingerprint density at radius 1 is 1.33 bits per heavy atom. The van der Waals surface area contributed by atoms with Crippen molar-refractivity contribution in [1.29, 1.82) is 0 Å². The zero-order valence-electron chi connectivity index (χ0n) is 6.64. The predicted octanol–water partition coefficient (Wildman–Crippen LogP) is 0.844. The van der Waals surface area contributed by atoms with Crippen LogP contribution in [0.2, 0.25) is 0 Å². The van der Waals surface area contributed by atoms with Gasteiger partial charge >= 0.3 is 0 Å². The van der Waals surface area contributed by atoms with E-state index in [0.717, 1.165) is 5.56 Å². The van der Waals surface area contributed by atoms with Crippen molar-refractivity contribution in [2.24, 2.45) is 5.73 Å². The van der Waals surface area contributed by atoms with E-state index in [2.05, 4.69) is 0 Å². The van der Waals surface area contributed by atoms with Gasteiger partial charge in [0, 0.05) is 0 Å². The third-order valence-electron chi connectivity index (χ3n) is 1.74. The van der Waals surface area contributed by atoms with Crippen LogP contribution in [-0.4, -0.2) is 12.5 Å². The second-order valence-corrected chi connectivity index (χ2v) is 2.77. The van der Waals surface area contributed by atoms with Gasteiger partial charge < -0.3 is 15.2 Å². The fourth-order valence-electron chi connectivity index (χ4n) is 0.996. The van der Waals surface area contributed by atoms with Gasteiger partial charge in [-0.1, -0.05) is 30.3 Å². The molecule has 1 aliphatic rings. The second-order valence-electron chi connectivity index (χ2n) is 2.77. The molecule has 1 aromatic carbocycles. The fraction of sp³-hybridized carbons (Fsp3) is 0.333. The molecule has 0 radical (unpaired) electrons.